The lowest BCUT2D eigenvalue weighted by molar-refractivity contribution is 0.660. The lowest BCUT2D eigenvalue weighted by Crippen LogP contribution is -2.17. The summed E-state index contributed by atoms with van der Waals surface area (Å²) in [6, 6.07) is 102. The van der Waals surface area contributed by atoms with E-state index in [0.717, 1.165) is 50.8 Å². The Labute approximate surface area is 418 Å². The minimum Gasteiger partial charge on any atom is -0.310 e. The molecule has 2 nitrogen and oxygen atoms in total. The maximum Gasteiger partial charge on any atom is 0.0488 e. The van der Waals surface area contributed by atoms with Gasteiger partial charge >= 0.3 is 0 Å². The Morgan fingerprint density at radius 1 is 0.225 bits per heavy atom. The van der Waals surface area contributed by atoms with Crippen molar-refractivity contribution >= 4 is 34.1 Å². The van der Waals surface area contributed by atoms with E-state index in [1.807, 2.05) is 0 Å². The number of anilines is 6. The summed E-state index contributed by atoms with van der Waals surface area (Å²) in [5.74, 6) is 0. The Kier molecular flexibility index (Phi) is 11.3. The van der Waals surface area contributed by atoms with Gasteiger partial charge in [0.05, 0.1) is 0 Å². The third-order valence-electron chi connectivity index (χ3n) is 14.2. The van der Waals surface area contributed by atoms with Gasteiger partial charge in [-0.3, -0.25) is 0 Å². The Morgan fingerprint density at radius 2 is 0.620 bits per heavy atom. The molecular weight excluding hydrogens is 857 g/mol. The molecule has 11 aromatic rings. The van der Waals surface area contributed by atoms with Crippen LogP contribution in [0, 0.1) is 0 Å². The highest BCUT2D eigenvalue weighted by molar-refractivity contribution is 6.01. The molecule has 0 spiro atoms. The van der Waals surface area contributed by atoms with Gasteiger partial charge in [-0.05, 0) is 145 Å². The predicted octanol–water partition coefficient (Wildman–Crippen LogP) is 19.3. The number of rotatable bonds is 11. The lowest BCUT2D eigenvalue weighted by atomic mass is 9.82. The summed E-state index contributed by atoms with van der Waals surface area (Å²) in [6.45, 7) is 4.73. The predicted molar refractivity (Wildman–Crippen MR) is 301 cm³/mol. The summed E-state index contributed by atoms with van der Waals surface area (Å²) in [5, 5.41) is 0. The molecule has 71 heavy (non-hydrogen) atoms. The van der Waals surface area contributed by atoms with E-state index in [2.05, 4.69) is 303 Å². The SMILES string of the molecule is CC1(C)c2ccccc2-c2ccc(N(c3ccc(-c4ccccc4)cc3)c3cc(-c4ccccc4-c4c(-c5ccccc5)cccc4-c4ccccc4)cc(N(c4ccccc4)c4ccccc4)c3)cc21. The molecule has 0 heterocycles. The molecular formula is C69H52N2. The first-order valence-electron chi connectivity index (χ1n) is 24.6. The molecule has 0 bridgehead atoms. The Bertz CT molecular complexity index is 3540. The number of hydrogen-bond donors (Lipinski definition) is 0. The quantitative estimate of drug-likeness (QED) is 0.128. The molecule has 2 heteroatoms. The molecule has 338 valence electrons. The van der Waals surface area contributed by atoms with Crippen molar-refractivity contribution in [3.63, 3.8) is 0 Å². The average molecular weight is 909 g/mol. The molecule has 0 fully saturated rings. The molecule has 11 aromatic carbocycles. The van der Waals surface area contributed by atoms with E-state index in [9.17, 15) is 0 Å². The highest BCUT2D eigenvalue weighted by Crippen LogP contribution is 2.52. The molecule has 0 radical (unpaired) electrons. The zero-order chi connectivity index (χ0) is 47.7. The number of hydrogen-bond acceptors (Lipinski definition) is 2. The maximum atomic E-state index is 2.46. The monoisotopic (exact) mass is 908 g/mol. The van der Waals surface area contributed by atoms with Crippen molar-refractivity contribution < 1.29 is 0 Å². The lowest BCUT2D eigenvalue weighted by Gasteiger charge is -2.31. The van der Waals surface area contributed by atoms with Gasteiger partial charge < -0.3 is 9.80 Å². The third-order valence-corrected chi connectivity index (χ3v) is 14.2. The highest BCUT2D eigenvalue weighted by Gasteiger charge is 2.36. The van der Waals surface area contributed by atoms with Gasteiger partial charge in [-0.1, -0.05) is 226 Å². The van der Waals surface area contributed by atoms with Gasteiger partial charge in [-0.15, -0.1) is 0 Å². The van der Waals surface area contributed by atoms with Gasteiger partial charge in [0.2, 0.25) is 0 Å². The molecule has 0 aromatic heterocycles. The number of fused-ring (bicyclic) bond motifs is 3. The van der Waals surface area contributed by atoms with E-state index in [0.29, 0.717) is 0 Å². The van der Waals surface area contributed by atoms with Gasteiger partial charge in [0.25, 0.3) is 0 Å². The summed E-state index contributed by atoms with van der Waals surface area (Å²) in [7, 11) is 0. The van der Waals surface area contributed by atoms with Crippen LogP contribution in [-0.4, -0.2) is 0 Å². The molecule has 0 amide bonds. The third kappa shape index (κ3) is 8.10. The Morgan fingerprint density at radius 3 is 1.18 bits per heavy atom. The normalized spacial score (nSPS) is 12.2. The second-order valence-electron chi connectivity index (χ2n) is 18.9. The van der Waals surface area contributed by atoms with Crippen LogP contribution in [0.5, 0.6) is 0 Å². The van der Waals surface area contributed by atoms with Crippen LogP contribution in [0.25, 0.3) is 66.8 Å². The van der Waals surface area contributed by atoms with Crippen LogP contribution >= 0.6 is 0 Å². The average Bonchev–Trinajstić information content (AvgIpc) is 3.67. The van der Waals surface area contributed by atoms with Gasteiger partial charge in [0, 0.05) is 39.5 Å². The summed E-state index contributed by atoms with van der Waals surface area (Å²) in [4.78, 5) is 4.85. The first-order valence-corrected chi connectivity index (χ1v) is 24.6. The minimum absolute atomic E-state index is 0.184. The van der Waals surface area contributed by atoms with Gasteiger partial charge in [0.1, 0.15) is 0 Å². The van der Waals surface area contributed by atoms with E-state index in [4.69, 9.17) is 0 Å². The van der Waals surface area contributed by atoms with Crippen molar-refractivity contribution in [1.29, 1.82) is 0 Å². The van der Waals surface area contributed by atoms with Crippen molar-refractivity contribution in [2.24, 2.45) is 0 Å². The van der Waals surface area contributed by atoms with Crippen molar-refractivity contribution in [2.75, 3.05) is 9.80 Å². The van der Waals surface area contributed by atoms with Crippen LogP contribution in [0.15, 0.2) is 279 Å². The highest BCUT2D eigenvalue weighted by atomic mass is 15.2. The van der Waals surface area contributed by atoms with Gasteiger partial charge in [-0.25, -0.2) is 0 Å². The number of para-hydroxylation sites is 2. The van der Waals surface area contributed by atoms with Crippen molar-refractivity contribution in [1.82, 2.24) is 0 Å². The molecule has 1 aliphatic rings. The van der Waals surface area contributed by atoms with E-state index < -0.39 is 0 Å². The second-order valence-corrected chi connectivity index (χ2v) is 18.9. The van der Waals surface area contributed by atoms with Crippen LogP contribution in [0.1, 0.15) is 25.0 Å². The smallest absolute Gasteiger partial charge is 0.0488 e. The fraction of sp³-hybridized carbons (Fsp3) is 0.0435. The molecule has 0 unspecified atom stereocenters. The van der Waals surface area contributed by atoms with E-state index >= 15 is 0 Å². The van der Waals surface area contributed by atoms with Crippen LogP contribution in [0.3, 0.4) is 0 Å². The summed E-state index contributed by atoms with van der Waals surface area (Å²) in [6.07, 6.45) is 0. The maximum absolute atomic E-state index is 2.46. The van der Waals surface area contributed by atoms with Crippen molar-refractivity contribution in [3.05, 3.63) is 290 Å². The van der Waals surface area contributed by atoms with E-state index in [-0.39, 0.29) is 5.41 Å². The topological polar surface area (TPSA) is 6.48 Å². The van der Waals surface area contributed by atoms with E-state index in [1.54, 1.807) is 0 Å². The largest absolute Gasteiger partial charge is 0.310 e. The van der Waals surface area contributed by atoms with Crippen LogP contribution < -0.4 is 9.80 Å². The van der Waals surface area contributed by atoms with Gasteiger partial charge in [-0.2, -0.15) is 0 Å². The summed E-state index contributed by atoms with van der Waals surface area (Å²) < 4.78 is 0. The Hall–Kier alpha value is -8.98. The molecule has 12 rings (SSSR count). The standard InChI is InChI=1S/C69H52N2/c1-69(2)66-38-21-20-34-63(66)64-44-43-57(48-67(64)69)71(56-41-39-50(40-42-56)49-23-8-3-9-24-49)59-46-53(45-58(47-59)70(54-29-14-6-15-30-54)55-31-16-7-17-32-55)60-33-18-19-35-65(60)68-61(51-25-10-4-11-26-51)36-22-37-62(68)52-27-12-5-13-28-52/h3-48H,1-2H3. The van der Waals surface area contributed by atoms with E-state index in [1.165, 1.54) is 61.2 Å². The van der Waals surface area contributed by atoms with Crippen molar-refractivity contribution in [2.45, 2.75) is 19.3 Å². The second kappa shape index (κ2) is 18.5. The molecule has 0 aliphatic heterocycles. The van der Waals surface area contributed by atoms with Crippen LogP contribution in [0.4, 0.5) is 34.1 Å². The molecule has 0 N–H and O–H groups in total. The summed E-state index contributed by atoms with van der Waals surface area (Å²) in [5.41, 5.74) is 23.2. The fourth-order valence-corrected chi connectivity index (χ4v) is 10.8. The van der Waals surface area contributed by atoms with Crippen LogP contribution in [0.2, 0.25) is 0 Å². The zero-order valence-electron chi connectivity index (χ0n) is 40.0. The zero-order valence-corrected chi connectivity index (χ0v) is 40.0. The van der Waals surface area contributed by atoms with Gasteiger partial charge in [0.15, 0.2) is 0 Å². The Balaban J connectivity index is 1.14. The first kappa shape index (κ1) is 43.3. The van der Waals surface area contributed by atoms with Crippen LogP contribution in [-0.2, 0) is 5.41 Å². The molecule has 0 saturated heterocycles. The minimum atomic E-state index is -0.184. The summed E-state index contributed by atoms with van der Waals surface area (Å²) >= 11 is 0. The number of benzene rings is 11. The fourth-order valence-electron chi connectivity index (χ4n) is 10.8. The first-order chi connectivity index (χ1) is 35.0. The molecule has 0 saturated carbocycles. The molecule has 1 aliphatic carbocycles. The number of nitrogens with zero attached hydrogens (tertiary/aromatic N) is 2. The van der Waals surface area contributed by atoms with Crippen molar-refractivity contribution in [3.8, 4) is 66.8 Å². The molecule has 0 atom stereocenters.